The second-order valence-electron chi connectivity index (χ2n) is 1.99. The fourth-order valence-corrected chi connectivity index (χ4v) is 0.894. The Bertz CT molecular complexity index is 386. The van der Waals surface area contributed by atoms with Crippen LogP contribution in [0.3, 0.4) is 0 Å². The Kier molecular flexibility index (Phi) is 25.3. The minimum absolute atomic E-state index is 0. The Labute approximate surface area is 140 Å². The van der Waals surface area contributed by atoms with Crippen LogP contribution in [0.1, 0.15) is 0 Å². The summed E-state index contributed by atoms with van der Waals surface area (Å²) in [5.74, 6) is 0. The predicted octanol–water partition coefficient (Wildman–Crippen LogP) is -9.25. The molecule has 92 valence electrons. The maximum atomic E-state index is 10.3. The maximum Gasteiger partial charge on any atom is 2.00 e. The molecule has 1 aromatic rings. The van der Waals surface area contributed by atoms with E-state index in [1.807, 2.05) is 0 Å². The normalized spacial score (nSPS) is 6.35. The van der Waals surface area contributed by atoms with Gasteiger partial charge in [-0.3, -0.25) is 10.1 Å². The van der Waals surface area contributed by atoms with E-state index in [1.54, 1.807) is 0 Å². The first-order chi connectivity index (χ1) is 5.65. The molecule has 17 heavy (non-hydrogen) atoms. The van der Waals surface area contributed by atoms with Gasteiger partial charge in [0.25, 0.3) is 0 Å². The van der Waals surface area contributed by atoms with Gasteiger partial charge < -0.3 is 49.6 Å². The summed E-state index contributed by atoms with van der Waals surface area (Å²) in [4.78, 5) is 12.4. The van der Waals surface area contributed by atoms with E-state index in [9.17, 15) is 10.1 Å². The van der Waals surface area contributed by atoms with Crippen molar-refractivity contribution >= 4 is 23.0 Å². The molecule has 0 fully saturated rings. The third-order valence-electron chi connectivity index (χ3n) is 1.24. The van der Waals surface area contributed by atoms with Gasteiger partial charge >= 0.3 is 30.9 Å². The Morgan fingerprint density at radius 1 is 1.24 bits per heavy atom. The number of benzene rings is 1. The number of nitro benzene ring substituents is 1. The average Bonchev–Trinajstić information content (AvgIpc) is 2.04. The minimum atomic E-state index is -0.666. The standard InChI is InChI=1S/C6H3ClN3O2.4ClH.Zn/c7-4-1-2-5(9-8)6(3-4)10(11)12;;;;;/h1-3H;4*1H;/q+1;;;;;+2/p-4. The molecule has 0 bridgehead atoms. The smallest absolute Gasteiger partial charge is 1.00 e. The molecule has 0 aromatic heterocycles. The molecular formula is C6H3Cl5N3O2Zn-. The number of hydrogen-bond donors (Lipinski definition) is 0. The van der Waals surface area contributed by atoms with Gasteiger partial charge in [-0.1, -0.05) is 11.6 Å². The number of diazo groups is 1. The van der Waals surface area contributed by atoms with Crippen molar-refractivity contribution in [3.8, 4) is 0 Å². The molecule has 0 unspecified atom stereocenters. The molecule has 0 saturated heterocycles. The first-order valence-electron chi connectivity index (χ1n) is 2.94. The zero-order valence-electron chi connectivity index (χ0n) is 7.99. The second kappa shape index (κ2) is 14.2. The van der Waals surface area contributed by atoms with Crippen LogP contribution in [0.25, 0.3) is 4.98 Å². The molecule has 0 aliphatic rings. The van der Waals surface area contributed by atoms with E-state index in [2.05, 4.69) is 4.98 Å². The van der Waals surface area contributed by atoms with Crippen molar-refractivity contribution in [1.29, 1.82) is 5.39 Å². The summed E-state index contributed by atoms with van der Waals surface area (Å²) in [6, 6.07) is 3.79. The number of hydrogen-bond acceptors (Lipinski definition) is 3. The molecule has 0 atom stereocenters. The Balaban J connectivity index is -0.0000000960. The summed E-state index contributed by atoms with van der Waals surface area (Å²) in [5, 5.41) is 18.9. The van der Waals surface area contributed by atoms with Crippen molar-refractivity contribution in [1.82, 2.24) is 0 Å². The fourth-order valence-electron chi connectivity index (χ4n) is 0.727. The molecule has 0 spiro atoms. The summed E-state index contributed by atoms with van der Waals surface area (Å²) >= 11 is 5.49. The fraction of sp³-hybridized carbons (Fsp3) is 0. The van der Waals surface area contributed by atoms with Crippen molar-refractivity contribution < 1.29 is 74.0 Å². The first kappa shape index (κ1) is 30.3. The summed E-state index contributed by atoms with van der Waals surface area (Å²) in [6.45, 7) is 0. The van der Waals surface area contributed by atoms with Crippen molar-refractivity contribution in [2.24, 2.45) is 0 Å². The van der Waals surface area contributed by atoms with E-state index < -0.39 is 4.92 Å². The molecular weight excluding hydrogens is 389 g/mol. The molecule has 1 rings (SSSR count). The summed E-state index contributed by atoms with van der Waals surface area (Å²) < 4.78 is 0. The van der Waals surface area contributed by atoms with Crippen molar-refractivity contribution in [3.05, 3.63) is 38.3 Å². The molecule has 0 amide bonds. The van der Waals surface area contributed by atoms with E-state index >= 15 is 0 Å². The molecule has 0 aliphatic carbocycles. The van der Waals surface area contributed by atoms with Crippen LogP contribution >= 0.6 is 11.6 Å². The number of halogens is 5. The summed E-state index contributed by atoms with van der Waals surface area (Å²) in [7, 11) is 0. The first-order valence-corrected chi connectivity index (χ1v) is 3.32. The van der Waals surface area contributed by atoms with Gasteiger partial charge in [-0.25, -0.2) is 0 Å². The Morgan fingerprint density at radius 3 is 2.06 bits per heavy atom. The van der Waals surface area contributed by atoms with Gasteiger partial charge in [-0.15, -0.1) is 0 Å². The van der Waals surface area contributed by atoms with Gasteiger partial charge in [-0.2, -0.15) is 0 Å². The van der Waals surface area contributed by atoms with Gasteiger partial charge in [0.1, 0.15) is 0 Å². The van der Waals surface area contributed by atoms with Crippen molar-refractivity contribution in [2.45, 2.75) is 0 Å². The molecule has 0 N–H and O–H groups in total. The van der Waals surface area contributed by atoms with Crippen LogP contribution in [-0.2, 0) is 19.5 Å². The van der Waals surface area contributed by atoms with Crippen molar-refractivity contribution in [3.63, 3.8) is 0 Å². The number of rotatable bonds is 1. The third kappa shape index (κ3) is 8.79. The molecule has 0 saturated carbocycles. The third-order valence-corrected chi connectivity index (χ3v) is 1.48. The molecule has 5 nitrogen and oxygen atoms in total. The molecule has 0 aliphatic heterocycles. The monoisotopic (exact) mass is 388 g/mol. The second-order valence-corrected chi connectivity index (χ2v) is 2.43. The topological polar surface area (TPSA) is 71.3 Å². The minimum Gasteiger partial charge on any atom is -1.00 e. The van der Waals surface area contributed by atoms with Crippen LogP contribution < -0.4 is 49.6 Å². The quantitative estimate of drug-likeness (QED) is 0.207. The predicted molar refractivity (Wildman–Crippen MR) is 42.9 cm³/mol. The molecule has 11 heteroatoms. The summed E-state index contributed by atoms with van der Waals surface area (Å²) in [6.07, 6.45) is 0. The van der Waals surface area contributed by atoms with Gasteiger partial charge in [0.05, 0.1) is 4.92 Å². The number of nitro groups is 1. The average molecular weight is 392 g/mol. The van der Waals surface area contributed by atoms with E-state index in [-0.39, 0.29) is 85.5 Å². The SMILES string of the molecule is N#[N+]c1ccc(Cl)cc1[N+](=O)[O-].[Cl-].[Cl-].[Cl-].[Cl-].[Zn+2]. The molecule has 0 heterocycles. The van der Waals surface area contributed by atoms with Gasteiger partial charge in [0, 0.05) is 17.2 Å². The van der Waals surface area contributed by atoms with Crippen LogP contribution in [0, 0.1) is 15.5 Å². The largest absolute Gasteiger partial charge is 2.00 e. The molecule has 0 radical (unpaired) electrons. The van der Waals surface area contributed by atoms with Crippen LogP contribution in [0.2, 0.25) is 5.02 Å². The van der Waals surface area contributed by atoms with E-state index in [0.717, 1.165) is 6.07 Å². The van der Waals surface area contributed by atoms with Crippen LogP contribution in [0.4, 0.5) is 11.4 Å². The van der Waals surface area contributed by atoms with Crippen molar-refractivity contribution in [2.75, 3.05) is 0 Å². The van der Waals surface area contributed by atoms with E-state index in [4.69, 9.17) is 17.0 Å². The Morgan fingerprint density at radius 2 is 1.71 bits per heavy atom. The van der Waals surface area contributed by atoms with Gasteiger partial charge in [-0.05, 0) is 6.07 Å². The van der Waals surface area contributed by atoms with Crippen LogP contribution in [-0.4, -0.2) is 4.92 Å². The van der Waals surface area contributed by atoms with Crippen LogP contribution in [0.15, 0.2) is 18.2 Å². The van der Waals surface area contributed by atoms with Crippen LogP contribution in [0.5, 0.6) is 0 Å². The zero-order valence-corrected chi connectivity index (χ0v) is 14.7. The van der Waals surface area contributed by atoms with E-state index in [1.165, 1.54) is 12.1 Å². The van der Waals surface area contributed by atoms with Gasteiger partial charge in [0.15, 0.2) is 4.98 Å². The maximum absolute atomic E-state index is 10.3. The molecule has 1 aromatic carbocycles. The zero-order chi connectivity index (χ0) is 9.14. The van der Waals surface area contributed by atoms with Gasteiger partial charge in [0.2, 0.25) is 5.39 Å². The number of nitrogens with zero attached hydrogens (tertiary/aromatic N) is 3. The van der Waals surface area contributed by atoms with E-state index in [0.29, 0.717) is 0 Å². The summed E-state index contributed by atoms with van der Waals surface area (Å²) in [5.41, 5.74) is -0.422. The Hall–Kier alpha value is 0.113.